The number of phenols is 1. The van der Waals surface area contributed by atoms with Crippen LogP contribution in [0.15, 0.2) is 36.4 Å². The number of hydrogen-bond donors (Lipinski definition) is 2. The van der Waals surface area contributed by atoms with Crippen molar-refractivity contribution < 1.29 is 9.84 Å². The Morgan fingerprint density at radius 1 is 1.15 bits per heavy atom. The number of rotatable bonds is 4. The zero-order chi connectivity index (χ0) is 14.7. The summed E-state index contributed by atoms with van der Waals surface area (Å²) in [6.45, 7) is 1.92. The Kier molecular flexibility index (Phi) is 4.63. The lowest BCUT2D eigenvalue weighted by atomic mass is 10.1. The second-order valence-corrected chi connectivity index (χ2v) is 5.26. The average Bonchev–Trinajstić information content (AvgIpc) is 2.43. The van der Waals surface area contributed by atoms with Crippen LogP contribution in [0.5, 0.6) is 11.5 Å². The predicted molar refractivity (Wildman–Crippen MR) is 83.2 cm³/mol. The average molecular weight is 312 g/mol. The van der Waals surface area contributed by atoms with Crippen LogP contribution in [0, 0.1) is 0 Å². The minimum atomic E-state index is -0.152. The molecule has 0 aliphatic carbocycles. The quantitative estimate of drug-likeness (QED) is 0.845. The molecule has 0 fully saturated rings. The van der Waals surface area contributed by atoms with E-state index < -0.39 is 0 Å². The van der Waals surface area contributed by atoms with E-state index in [0.717, 1.165) is 5.56 Å². The second-order valence-electron chi connectivity index (χ2n) is 4.41. The normalized spacial score (nSPS) is 12.0. The van der Waals surface area contributed by atoms with E-state index in [9.17, 15) is 5.11 Å². The smallest absolute Gasteiger partial charge is 0.121 e. The van der Waals surface area contributed by atoms with Gasteiger partial charge < -0.3 is 15.2 Å². The van der Waals surface area contributed by atoms with Crippen molar-refractivity contribution in [1.82, 2.24) is 0 Å². The fourth-order valence-corrected chi connectivity index (χ4v) is 2.27. The third kappa shape index (κ3) is 3.30. The lowest BCUT2D eigenvalue weighted by molar-refractivity contribution is 0.410. The summed E-state index contributed by atoms with van der Waals surface area (Å²) in [5.74, 6) is 0.882. The fourth-order valence-electron chi connectivity index (χ4n) is 1.93. The maximum atomic E-state index is 9.95. The first-order valence-electron chi connectivity index (χ1n) is 6.09. The molecule has 0 radical (unpaired) electrons. The highest BCUT2D eigenvalue weighted by Gasteiger charge is 2.13. The first-order valence-corrected chi connectivity index (χ1v) is 6.85. The molecule has 0 aromatic heterocycles. The molecule has 1 unspecified atom stereocenters. The minimum Gasteiger partial charge on any atom is -0.508 e. The Bertz CT molecular complexity index is 617. The number of ether oxygens (including phenoxy) is 1. The predicted octanol–water partition coefficient (Wildman–Crippen LogP) is 4.88. The summed E-state index contributed by atoms with van der Waals surface area (Å²) >= 11 is 12.1. The topological polar surface area (TPSA) is 41.5 Å². The van der Waals surface area contributed by atoms with Crippen molar-refractivity contribution in [2.45, 2.75) is 13.0 Å². The molecule has 2 rings (SSSR count). The van der Waals surface area contributed by atoms with Gasteiger partial charge in [-0.2, -0.15) is 0 Å². The number of anilines is 1. The number of phenolic OH excluding ortho intramolecular Hbond substituents is 1. The number of hydrogen-bond acceptors (Lipinski definition) is 3. The molecule has 20 heavy (non-hydrogen) atoms. The number of benzene rings is 2. The highest BCUT2D eigenvalue weighted by Crippen LogP contribution is 2.33. The van der Waals surface area contributed by atoms with Gasteiger partial charge in [0.15, 0.2) is 0 Å². The summed E-state index contributed by atoms with van der Waals surface area (Å²) in [6, 6.07) is 10.1. The molecule has 2 aromatic carbocycles. The summed E-state index contributed by atoms with van der Waals surface area (Å²) in [5.41, 5.74) is 1.44. The van der Waals surface area contributed by atoms with Gasteiger partial charge in [0.2, 0.25) is 0 Å². The molecule has 2 N–H and O–H groups in total. The first kappa shape index (κ1) is 14.8. The number of aromatic hydroxyl groups is 1. The van der Waals surface area contributed by atoms with E-state index in [1.54, 1.807) is 43.5 Å². The number of nitrogens with one attached hydrogen (secondary N) is 1. The number of halogens is 2. The Morgan fingerprint density at radius 3 is 2.60 bits per heavy atom. The van der Waals surface area contributed by atoms with Crippen molar-refractivity contribution in [1.29, 1.82) is 0 Å². The molecular formula is C15H15Cl2NO2. The van der Waals surface area contributed by atoms with Crippen LogP contribution < -0.4 is 10.1 Å². The SMILES string of the molecule is COc1ccc(O)c(C(C)Nc2cc(Cl)ccc2Cl)c1. The third-order valence-corrected chi connectivity index (χ3v) is 3.57. The van der Waals surface area contributed by atoms with E-state index >= 15 is 0 Å². The molecule has 0 aliphatic rings. The van der Waals surface area contributed by atoms with Gasteiger partial charge in [0.05, 0.1) is 23.9 Å². The summed E-state index contributed by atoms with van der Waals surface area (Å²) < 4.78 is 5.17. The zero-order valence-electron chi connectivity index (χ0n) is 11.2. The van der Waals surface area contributed by atoms with Gasteiger partial charge in [-0.25, -0.2) is 0 Å². The van der Waals surface area contributed by atoms with Crippen molar-refractivity contribution >= 4 is 28.9 Å². The van der Waals surface area contributed by atoms with Crippen LogP contribution in [0.2, 0.25) is 10.0 Å². The number of methoxy groups -OCH3 is 1. The summed E-state index contributed by atoms with van der Waals surface area (Å²) in [7, 11) is 1.59. The Labute approximate surface area is 128 Å². The summed E-state index contributed by atoms with van der Waals surface area (Å²) in [4.78, 5) is 0. The van der Waals surface area contributed by atoms with Gasteiger partial charge >= 0.3 is 0 Å². The molecule has 0 saturated carbocycles. The largest absolute Gasteiger partial charge is 0.508 e. The van der Waals surface area contributed by atoms with Crippen molar-refractivity contribution in [3.63, 3.8) is 0 Å². The van der Waals surface area contributed by atoms with Gasteiger partial charge in [-0.3, -0.25) is 0 Å². The van der Waals surface area contributed by atoms with Crippen LogP contribution in [0.4, 0.5) is 5.69 Å². The molecule has 2 aromatic rings. The maximum Gasteiger partial charge on any atom is 0.121 e. The van der Waals surface area contributed by atoms with E-state index in [1.165, 1.54) is 0 Å². The van der Waals surface area contributed by atoms with Crippen molar-refractivity contribution in [3.05, 3.63) is 52.0 Å². The maximum absolute atomic E-state index is 9.95. The first-order chi connectivity index (χ1) is 9.51. The lowest BCUT2D eigenvalue weighted by Gasteiger charge is -2.18. The van der Waals surface area contributed by atoms with Crippen molar-refractivity contribution in [2.75, 3.05) is 12.4 Å². The molecule has 0 bridgehead atoms. The summed E-state index contributed by atoms with van der Waals surface area (Å²) in [6.07, 6.45) is 0. The minimum absolute atomic E-state index is 0.152. The molecule has 0 amide bonds. The van der Waals surface area contributed by atoms with Crippen LogP contribution >= 0.6 is 23.2 Å². The Morgan fingerprint density at radius 2 is 1.90 bits per heavy atom. The molecular weight excluding hydrogens is 297 g/mol. The zero-order valence-corrected chi connectivity index (χ0v) is 12.7. The molecule has 0 heterocycles. The molecule has 0 spiro atoms. The lowest BCUT2D eigenvalue weighted by Crippen LogP contribution is -2.07. The molecule has 1 atom stereocenters. The highest BCUT2D eigenvalue weighted by molar-refractivity contribution is 6.35. The van der Waals surface area contributed by atoms with Crippen LogP contribution in [0.1, 0.15) is 18.5 Å². The molecule has 5 heteroatoms. The monoisotopic (exact) mass is 311 g/mol. The van der Waals surface area contributed by atoms with Crippen LogP contribution in [-0.2, 0) is 0 Å². The van der Waals surface area contributed by atoms with Crippen molar-refractivity contribution in [3.8, 4) is 11.5 Å². The van der Waals surface area contributed by atoms with E-state index in [0.29, 0.717) is 21.5 Å². The van der Waals surface area contributed by atoms with Gasteiger partial charge in [0.25, 0.3) is 0 Å². The standard InChI is InChI=1S/C15H15Cl2NO2/c1-9(12-8-11(20-2)4-6-15(12)19)18-14-7-10(16)3-5-13(14)17/h3-9,18-19H,1-2H3. The Hall–Kier alpha value is -1.58. The van der Waals surface area contributed by atoms with E-state index in [2.05, 4.69) is 5.32 Å². The van der Waals surface area contributed by atoms with E-state index in [1.807, 2.05) is 6.92 Å². The summed E-state index contributed by atoms with van der Waals surface area (Å²) in [5, 5.41) is 14.3. The van der Waals surface area contributed by atoms with Gasteiger partial charge in [0, 0.05) is 10.6 Å². The van der Waals surface area contributed by atoms with Crippen LogP contribution in [0.3, 0.4) is 0 Å². The second kappa shape index (κ2) is 6.25. The van der Waals surface area contributed by atoms with Crippen molar-refractivity contribution in [2.24, 2.45) is 0 Å². The van der Waals surface area contributed by atoms with Crippen LogP contribution in [0.25, 0.3) is 0 Å². The van der Waals surface area contributed by atoms with E-state index in [4.69, 9.17) is 27.9 Å². The van der Waals surface area contributed by atoms with Gasteiger partial charge in [0.1, 0.15) is 11.5 Å². The van der Waals surface area contributed by atoms with Crippen LogP contribution in [-0.4, -0.2) is 12.2 Å². The highest BCUT2D eigenvalue weighted by atomic mass is 35.5. The molecule has 0 saturated heterocycles. The molecule has 3 nitrogen and oxygen atoms in total. The molecule has 0 aliphatic heterocycles. The fraction of sp³-hybridized carbons (Fsp3) is 0.200. The van der Waals surface area contributed by atoms with Gasteiger partial charge in [-0.15, -0.1) is 0 Å². The molecule has 106 valence electrons. The van der Waals surface area contributed by atoms with Gasteiger partial charge in [-0.1, -0.05) is 23.2 Å². The van der Waals surface area contributed by atoms with Gasteiger partial charge in [-0.05, 0) is 43.3 Å². The third-order valence-electron chi connectivity index (χ3n) is 3.00. The van der Waals surface area contributed by atoms with E-state index in [-0.39, 0.29) is 11.8 Å². The Balaban J connectivity index is 2.27.